The molecule has 0 fully saturated rings. The molecule has 5 heteroatoms. The maximum Gasteiger partial charge on any atom is 0.164 e. The number of hydrogen-bond acceptors (Lipinski definition) is 5. The Morgan fingerprint density at radius 2 is 0.919 bits per heavy atom. The van der Waals surface area contributed by atoms with Gasteiger partial charge in [-0.1, -0.05) is 164 Å². The van der Waals surface area contributed by atoms with Crippen LogP contribution in [0.2, 0.25) is 0 Å². The van der Waals surface area contributed by atoms with Gasteiger partial charge in [0.25, 0.3) is 0 Å². The zero-order valence-corrected chi connectivity index (χ0v) is 34.0. The van der Waals surface area contributed by atoms with E-state index in [-0.39, 0.29) is 0 Å². The third-order valence-corrected chi connectivity index (χ3v) is 13.5. The first kappa shape index (κ1) is 34.8. The van der Waals surface area contributed by atoms with Gasteiger partial charge in [0.2, 0.25) is 0 Å². The Morgan fingerprint density at radius 3 is 1.74 bits per heavy atom. The second kappa shape index (κ2) is 13.8. The van der Waals surface area contributed by atoms with Crippen LogP contribution < -0.4 is 0 Å². The molecule has 0 saturated carbocycles. The number of benzene rings is 10. The van der Waals surface area contributed by atoms with Crippen LogP contribution in [-0.2, 0) is 0 Å². The van der Waals surface area contributed by atoms with E-state index in [9.17, 15) is 0 Å². The fourth-order valence-corrected chi connectivity index (χ4v) is 10.6. The third-order valence-electron chi connectivity index (χ3n) is 12.3. The van der Waals surface area contributed by atoms with E-state index in [2.05, 4.69) is 170 Å². The molecule has 3 aromatic heterocycles. The van der Waals surface area contributed by atoms with Crippen LogP contribution >= 0.6 is 11.3 Å². The number of hydrogen-bond donors (Lipinski definition) is 0. The van der Waals surface area contributed by atoms with Gasteiger partial charge in [-0.2, -0.15) is 0 Å². The minimum Gasteiger partial charge on any atom is -0.456 e. The molecule has 0 amide bonds. The van der Waals surface area contributed by atoms with Crippen LogP contribution in [0.3, 0.4) is 0 Å². The van der Waals surface area contributed by atoms with Gasteiger partial charge < -0.3 is 4.42 Å². The Kier molecular flexibility index (Phi) is 7.74. The summed E-state index contributed by atoms with van der Waals surface area (Å²) >= 11 is 1.86. The number of thiophene rings is 1. The lowest BCUT2D eigenvalue weighted by Crippen LogP contribution is -2.00. The molecule has 13 aromatic rings. The monoisotopic (exact) mass is 807 g/mol. The van der Waals surface area contributed by atoms with Crippen LogP contribution in [0.5, 0.6) is 0 Å². The normalized spacial score (nSPS) is 11.9. The second-order valence-electron chi connectivity index (χ2n) is 15.9. The zero-order valence-electron chi connectivity index (χ0n) is 33.2. The average molecular weight is 808 g/mol. The van der Waals surface area contributed by atoms with Gasteiger partial charge in [0.1, 0.15) is 11.2 Å². The molecule has 0 aliphatic carbocycles. The van der Waals surface area contributed by atoms with E-state index in [0.29, 0.717) is 17.5 Å². The van der Waals surface area contributed by atoms with Gasteiger partial charge >= 0.3 is 0 Å². The molecule has 0 spiro atoms. The van der Waals surface area contributed by atoms with Crippen molar-refractivity contribution in [3.05, 3.63) is 200 Å². The highest BCUT2D eigenvalue weighted by atomic mass is 32.1. The molecule has 0 aliphatic rings. The van der Waals surface area contributed by atoms with Crippen LogP contribution in [-0.4, -0.2) is 15.0 Å². The second-order valence-corrected chi connectivity index (χ2v) is 17.0. The summed E-state index contributed by atoms with van der Waals surface area (Å²) in [5.74, 6) is 1.82. The molecule has 13 rings (SSSR count). The van der Waals surface area contributed by atoms with Gasteiger partial charge in [-0.25, -0.2) is 15.0 Å². The van der Waals surface area contributed by atoms with Gasteiger partial charge in [0.15, 0.2) is 17.5 Å². The van der Waals surface area contributed by atoms with Gasteiger partial charge in [-0.3, -0.25) is 0 Å². The summed E-state index contributed by atoms with van der Waals surface area (Å²) in [6.07, 6.45) is 0. The van der Waals surface area contributed by atoms with Gasteiger partial charge in [-0.05, 0) is 85.4 Å². The first-order valence-corrected chi connectivity index (χ1v) is 21.6. The molecular weight excluding hydrogens is 775 g/mol. The van der Waals surface area contributed by atoms with Crippen molar-refractivity contribution in [2.75, 3.05) is 0 Å². The molecule has 3 heterocycles. The van der Waals surface area contributed by atoms with E-state index in [4.69, 9.17) is 19.4 Å². The summed E-state index contributed by atoms with van der Waals surface area (Å²) in [6, 6.07) is 71.0. The Morgan fingerprint density at radius 1 is 0.323 bits per heavy atom. The molecule has 4 nitrogen and oxygen atoms in total. The lowest BCUT2D eigenvalue weighted by Gasteiger charge is -2.11. The Bertz CT molecular complexity index is 3920. The van der Waals surface area contributed by atoms with Crippen LogP contribution in [0.1, 0.15) is 0 Å². The fourth-order valence-electron chi connectivity index (χ4n) is 9.30. The van der Waals surface area contributed by atoms with E-state index in [1.165, 1.54) is 58.1 Å². The molecule has 10 aromatic carbocycles. The summed E-state index contributed by atoms with van der Waals surface area (Å²) in [7, 11) is 0. The number of nitrogens with zero attached hydrogens (tertiary/aromatic N) is 3. The summed E-state index contributed by atoms with van der Waals surface area (Å²) in [6.45, 7) is 0. The van der Waals surface area contributed by atoms with Crippen molar-refractivity contribution in [2.24, 2.45) is 0 Å². The first-order chi connectivity index (χ1) is 30.7. The summed E-state index contributed by atoms with van der Waals surface area (Å²) < 4.78 is 9.11. The SMILES string of the molecule is c1ccc(-c2nc(-c3ccc(-c4cc5ccccc5c5c4sc4ccccc45)cc3)nc(-c3cccc4oc5ccc(-c6ccc7ccc8ccccc8c7c6)cc5c34)n2)cc1. The summed E-state index contributed by atoms with van der Waals surface area (Å²) in [4.78, 5) is 15.5. The predicted molar refractivity (Wildman–Crippen MR) is 260 cm³/mol. The molecule has 0 radical (unpaired) electrons. The van der Waals surface area contributed by atoms with Crippen molar-refractivity contribution in [1.29, 1.82) is 0 Å². The molecule has 0 bridgehead atoms. The van der Waals surface area contributed by atoms with Crippen molar-refractivity contribution >= 4 is 85.8 Å². The summed E-state index contributed by atoms with van der Waals surface area (Å²) in [5.41, 5.74) is 8.98. The third kappa shape index (κ3) is 5.56. The van der Waals surface area contributed by atoms with E-state index < -0.39 is 0 Å². The molecule has 62 heavy (non-hydrogen) atoms. The molecule has 0 N–H and O–H groups in total. The molecule has 0 saturated heterocycles. The standard InChI is InChI=1S/C57H33N3OS/c1-2-12-37(13-3-1)55-58-56(38-26-23-36(24-27-38)47-33-41-14-5-7-16-43(41)53-44-17-8-9-20-51(44)62-54(47)53)60-57(59-55)45-18-10-19-50-52(45)48-32-40(29-30-49(48)61-50)39-28-25-35-22-21-34-11-4-6-15-42(34)46(35)31-39/h1-33H. The van der Waals surface area contributed by atoms with Crippen molar-refractivity contribution < 1.29 is 4.42 Å². The number of furan rings is 1. The van der Waals surface area contributed by atoms with Crippen LogP contribution in [0.25, 0.3) is 131 Å². The van der Waals surface area contributed by atoms with Crippen molar-refractivity contribution in [3.8, 4) is 56.4 Å². The molecule has 0 atom stereocenters. The smallest absolute Gasteiger partial charge is 0.164 e. The minimum atomic E-state index is 0.593. The van der Waals surface area contributed by atoms with Crippen molar-refractivity contribution in [2.45, 2.75) is 0 Å². The number of fused-ring (bicyclic) bond motifs is 11. The number of aromatic nitrogens is 3. The highest BCUT2D eigenvalue weighted by Gasteiger charge is 2.20. The van der Waals surface area contributed by atoms with E-state index in [0.717, 1.165) is 55.3 Å². The quantitative estimate of drug-likeness (QED) is 0.163. The zero-order chi connectivity index (χ0) is 40.7. The molecular formula is C57H33N3OS. The van der Waals surface area contributed by atoms with Crippen LogP contribution in [0, 0.1) is 0 Å². The lowest BCUT2D eigenvalue weighted by atomic mass is 9.96. The van der Waals surface area contributed by atoms with Crippen molar-refractivity contribution in [3.63, 3.8) is 0 Å². The largest absolute Gasteiger partial charge is 0.456 e. The van der Waals surface area contributed by atoms with Gasteiger partial charge in [-0.15, -0.1) is 11.3 Å². The Hall–Kier alpha value is -7.99. The highest BCUT2D eigenvalue weighted by molar-refractivity contribution is 7.26. The molecule has 288 valence electrons. The molecule has 0 aliphatic heterocycles. The first-order valence-electron chi connectivity index (χ1n) is 20.8. The highest BCUT2D eigenvalue weighted by Crippen LogP contribution is 2.45. The van der Waals surface area contributed by atoms with E-state index in [1.54, 1.807) is 0 Å². The minimum absolute atomic E-state index is 0.593. The lowest BCUT2D eigenvalue weighted by molar-refractivity contribution is 0.669. The Balaban J connectivity index is 0.957. The Labute approximate surface area is 360 Å². The van der Waals surface area contributed by atoms with E-state index in [1.807, 2.05) is 41.7 Å². The van der Waals surface area contributed by atoms with Gasteiger partial charge in [0, 0.05) is 53.2 Å². The van der Waals surface area contributed by atoms with Crippen molar-refractivity contribution in [1.82, 2.24) is 15.0 Å². The fraction of sp³-hybridized carbons (Fsp3) is 0. The van der Waals surface area contributed by atoms with Crippen LogP contribution in [0.4, 0.5) is 0 Å². The molecule has 0 unspecified atom stereocenters. The average Bonchev–Trinajstić information content (AvgIpc) is 3.93. The maximum absolute atomic E-state index is 6.52. The van der Waals surface area contributed by atoms with Gasteiger partial charge in [0.05, 0.1) is 0 Å². The summed E-state index contributed by atoms with van der Waals surface area (Å²) in [5, 5.41) is 12.1. The van der Waals surface area contributed by atoms with E-state index >= 15 is 0 Å². The predicted octanol–water partition coefficient (Wildman–Crippen LogP) is 15.9. The topological polar surface area (TPSA) is 51.8 Å². The number of rotatable bonds is 5. The van der Waals surface area contributed by atoms with Crippen LogP contribution in [0.15, 0.2) is 205 Å². The maximum atomic E-state index is 6.52.